The van der Waals surface area contributed by atoms with Crippen LogP contribution in [0, 0.1) is 0 Å². The van der Waals surface area contributed by atoms with Gasteiger partial charge in [0.15, 0.2) is 0 Å². The first-order valence-corrected chi connectivity index (χ1v) is 8.23. The second kappa shape index (κ2) is 10.6. The lowest BCUT2D eigenvalue weighted by Crippen LogP contribution is -2.47. The van der Waals surface area contributed by atoms with Gasteiger partial charge in [0, 0.05) is 45.0 Å². The number of nitrogens with two attached hydrogens (primary N) is 1. The summed E-state index contributed by atoms with van der Waals surface area (Å²) in [5.74, 6) is 0. The van der Waals surface area contributed by atoms with E-state index in [0.717, 1.165) is 44.0 Å². The molecule has 0 aliphatic carbocycles. The summed E-state index contributed by atoms with van der Waals surface area (Å²) in [4.78, 5) is 4.79. The van der Waals surface area contributed by atoms with Crippen LogP contribution >= 0.6 is 24.8 Å². The van der Waals surface area contributed by atoms with E-state index < -0.39 is 6.10 Å². The molecule has 3 N–H and O–H groups in total. The zero-order chi connectivity index (χ0) is 16.1. The van der Waals surface area contributed by atoms with E-state index in [-0.39, 0.29) is 24.8 Å². The van der Waals surface area contributed by atoms with Gasteiger partial charge in [0.05, 0.1) is 6.10 Å². The van der Waals surface area contributed by atoms with Crippen molar-refractivity contribution in [1.82, 2.24) is 9.80 Å². The molecule has 3 rings (SSSR count). The highest BCUT2D eigenvalue weighted by Gasteiger charge is 2.19. The number of hydrogen-bond donors (Lipinski definition) is 2. The predicted molar refractivity (Wildman–Crippen MR) is 108 cm³/mol. The van der Waals surface area contributed by atoms with E-state index >= 15 is 0 Å². The fourth-order valence-electron chi connectivity index (χ4n) is 3.10. The lowest BCUT2D eigenvalue weighted by atomic mass is 10.1. The third kappa shape index (κ3) is 6.49. The summed E-state index contributed by atoms with van der Waals surface area (Å²) in [5, 5.41) is 10.3. The minimum absolute atomic E-state index is 0. The number of β-amino-alcohol motifs (C(OH)–C–C–N with tert-alkyl or cyclic N) is 1. The van der Waals surface area contributed by atoms with Crippen LogP contribution in [0.1, 0.15) is 17.2 Å². The number of nitrogens with zero attached hydrogens (tertiary/aromatic N) is 2. The largest absolute Gasteiger partial charge is 0.399 e. The average molecular weight is 384 g/mol. The zero-order valence-electron chi connectivity index (χ0n) is 14.3. The SMILES string of the molecule is Cl.Cl.Nc1cccc(CN2CCN(CC(O)c3ccccc3)CC2)c1. The van der Waals surface area contributed by atoms with E-state index in [9.17, 15) is 5.11 Å². The first-order valence-electron chi connectivity index (χ1n) is 8.23. The van der Waals surface area contributed by atoms with E-state index in [1.807, 2.05) is 48.5 Å². The first kappa shape index (κ1) is 21.7. The molecule has 0 spiro atoms. The lowest BCUT2D eigenvalue weighted by molar-refractivity contribution is 0.0701. The molecule has 0 amide bonds. The number of halogens is 2. The molecular weight excluding hydrogens is 357 g/mol. The molecule has 138 valence electrons. The van der Waals surface area contributed by atoms with Crippen molar-refractivity contribution in [1.29, 1.82) is 0 Å². The molecule has 1 saturated heterocycles. The van der Waals surface area contributed by atoms with Crippen molar-refractivity contribution in [2.75, 3.05) is 38.5 Å². The molecule has 2 aromatic rings. The summed E-state index contributed by atoms with van der Waals surface area (Å²) < 4.78 is 0. The van der Waals surface area contributed by atoms with Crippen LogP contribution in [0.25, 0.3) is 0 Å². The van der Waals surface area contributed by atoms with Crippen molar-refractivity contribution in [3.63, 3.8) is 0 Å². The van der Waals surface area contributed by atoms with Gasteiger partial charge in [0.1, 0.15) is 0 Å². The molecule has 0 bridgehead atoms. The molecule has 1 atom stereocenters. The van der Waals surface area contributed by atoms with Gasteiger partial charge in [-0.15, -0.1) is 24.8 Å². The summed E-state index contributed by atoms with van der Waals surface area (Å²) in [6, 6.07) is 18.0. The average Bonchev–Trinajstić information content (AvgIpc) is 2.57. The highest BCUT2D eigenvalue weighted by atomic mass is 35.5. The van der Waals surface area contributed by atoms with Gasteiger partial charge in [-0.05, 0) is 23.3 Å². The molecule has 1 aliphatic rings. The van der Waals surface area contributed by atoms with Crippen LogP contribution in [0.4, 0.5) is 5.69 Å². The minimum atomic E-state index is -0.406. The molecule has 1 unspecified atom stereocenters. The van der Waals surface area contributed by atoms with E-state index in [4.69, 9.17) is 5.73 Å². The van der Waals surface area contributed by atoms with Gasteiger partial charge in [-0.3, -0.25) is 9.80 Å². The van der Waals surface area contributed by atoms with Gasteiger partial charge in [0.2, 0.25) is 0 Å². The fourth-order valence-corrected chi connectivity index (χ4v) is 3.10. The fraction of sp³-hybridized carbons (Fsp3) is 0.368. The zero-order valence-corrected chi connectivity index (χ0v) is 15.9. The van der Waals surface area contributed by atoms with Crippen LogP contribution in [0.3, 0.4) is 0 Å². The number of piperazine rings is 1. The van der Waals surface area contributed by atoms with E-state index in [1.54, 1.807) is 0 Å². The Labute approximate surface area is 162 Å². The van der Waals surface area contributed by atoms with Gasteiger partial charge in [-0.1, -0.05) is 42.5 Å². The molecule has 1 fully saturated rings. The maximum atomic E-state index is 10.3. The Morgan fingerprint density at radius 1 is 0.880 bits per heavy atom. The van der Waals surface area contributed by atoms with Crippen molar-refractivity contribution in [3.05, 3.63) is 65.7 Å². The molecule has 2 aromatic carbocycles. The summed E-state index contributed by atoms with van der Waals surface area (Å²) in [6.07, 6.45) is -0.406. The van der Waals surface area contributed by atoms with Crippen molar-refractivity contribution < 1.29 is 5.11 Å². The molecule has 0 aromatic heterocycles. The van der Waals surface area contributed by atoms with E-state index in [2.05, 4.69) is 15.9 Å². The third-order valence-electron chi connectivity index (χ3n) is 4.44. The molecule has 0 radical (unpaired) electrons. The van der Waals surface area contributed by atoms with E-state index in [1.165, 1.54) is 5.56 Å². The molecule has 1 heterocycles. The van der Waals surface area contributed by atoms with Gasteiger partial charge >= 0.3 is 0 Å². The number of benzene rings is 2. The number of aliphatic hydroxyl groups is 1. The molecule has 4 nitrogen and oxygen atoms in total. The smallest absolute Gasteiger partial charge is 0.0916 e. The van der Waals surface area contributed by atoms with Crippen LogP contribution in [-0.2, 0) is 6.54 Å². The molecule has 6 heteroatoms. The predicted octanol–water partition coefficient (Wildman–Crippen LogP) is 2.96. The minimum Gasteiger partial charge on any atom is -0.399 e. The topological polar surface area (TPSA) is 52.7 Å². The second-order valence-electron chi connectivity index (χ2n) is 6.25. The van der Waals surface area contributed by atoms with Crippen molar-refractivity contribution in [2.24, 2.45) is 0 Å². The van der Waals surface area contributed by atoms with Crippen molar-refractivity contribution in [3.8, 4) is 0 Å². The Morgan fingerprint density at radius 2 is 1.52 bits per heavy atom. The second-order valence-corrected chi connectivity index (χ2v) is 6.25. The Kier molecular flexibility index (Phi) is 9.25. The number of rotatable bonds is 5. The Balaban J connectivity index is 0.00000156. The monoisotopic (exact) mass is 383 g/mol. The Bertz CT molecular complexity index is 619. The van der Waals surface area contributed by atoms with Crippen LogP contribution in [0.5, 0.6) is 0 Å². The summed E-state index contributed by atoms with van der Waals surface area (Å²) in [7, 11) is 0. The maximum Gasteiger partial charge on any atom is 0.0916 e. The van der Waals surface area contributed by atoms with Gasteiger partial charge < -0.3 is 10.8 Å². The lowest BCUT2D eigenvalue weighted by Gasteiger charge is -2.35. The van der Waals surface area contributed by atoms with Gasteiger partial charge in [-0.25, -0.2) is 0 Å². The third-order valence-corrected chi connectivity index (χ3v) is 4.44. The molecule has 1 aliphatic heterocycles. The maximum absolute atomic E-state index is 10.3. The quantitative estimate of drug-likeness (QED) is 0.779. The Hall–Kier alpha value is -1.30. The first-order chi connectivity index (χ1) is 11.2. The highest BCUT2D eigenvalue weighted by molar-refractivity contribution is 5.85. The molecule has 0 saturated carbocycles. The number of anilines is 1. The summed E-state index contributed by atoms with van der Waals surface area (Å²) in [6.45, 7) is 5.68. The number of nitrogen functional groups attached to an aromatic ring is 1. The summed E-state index contributed by atoms with van der Waals surface area (Å²) in [5.41, 5.74) is 8.93. The molecular formula is C19H27Cl2N3O. The van der Waals surface area contributed by atoms with E-state index in [0.29, 0.717) is 6.54 Å². The van der Waals surface area contributed by atoms with Crippen LogP contribution in [-0.4, -0.2) is 47.6 Å². The molecule has 25 heavy (non-hydrogen) atoms. The van der Waals surface area contributed by atoms with Crippen LogP contribution in [0.15, 0.2) is 54.6 Å². The standard InChI is InChI=1S/C19H25N3O.2ClH/c20-18-8-4-5-16(13-18)14-21-9-11-22(12-10-21)15-19(23)17-6-2-1-3-7-17;;/h1-8,13,19,23H,9-12,14-15,20H2;2*1H. The number of aliphatic hydroxyl groups excluding tert-OH is 1. The van der Waals surface area contributed by atoms with Gasteiger partial charge in [-0.2, -0.15) is 0 Å². The van der Waals surface area contributed by atoms with Crippen LogP contribution in [0.2, 0.25) is 0 Å². The Morgan fingerprint density at radius 3 is 2.16 bits per heavy atom. The normalized spacial score (nSPS) is 16.5. The van der Waals surface area contributed by atoms with Crippen molar-refractivity contribution in [2.45, 2.75) is 12.6 Å². The number of hydrogen-bond acceptors (Lipinski definition) is 4. The van der Waals surface area contributed by atoms with Crippen LogP contribution < -0.4 is 5.73 Å². The highest BCUT2D eigenvalue weighted by Crippen LogP contribution is 2.16. The van der Waals surface area contributed by atoms with Gasteiger partial charge in [0.25, 0.3) is 0 Å². The summed E-state index contributed by atoms with van der Waals surface area (Å²) >= 11 is 0. The van der Waals surface area contributed by atoms with Crippen molar-refractivity contribution >= 4 is 30.5 Å².